The zero-order valence-corrected chi connectivity index (χ0v) is 29.7. The van der Waals surface area contributed by atoms with E-state index in [0.717, 1.165) is 5.56 Å². The van der Waals surface area contributed by atoms with Gasteiger partial charge in [-0.15, -0.1) is 0 Å². The number of carbonyl (C=O) groups excluding carboxylic acids is 2. The molecule has 0 fully saturated rings. The highest BCUT2D eigenvalue weighted by Crippen LogP contribution is 2.34. The number of hydrogen-bond donors (Lipinski definition) is 1. The molecule has 0 spiro atoms. The number of halogens is 5. The number of carbonyl (C=O) groups is 2. The summed E-state index contributed by atoms with van der Waals surface area (Å²) in [5.41, 5.74) is 1.14. The summed E-state index contributed by atoms with van der Waals surface area (Å²) >= 11 is 1.84. The fourth-order valence-electron chi connectivity index (χ4n) is 2.64. The Morgan fingerprint density at radius 1 is 0.822 bits per heavy atom. The molecule has 0 aliphatic heterocycles. The number of hydrogen-bond acceptors (Lipinski definition) is 6. The highest BCUT2D eigenvalue weighted by molar-refractivity contribution is 9.10. The highest BCUT2D eigenvalue weighted by atomic mass is 79.9. The van der Waals surface area contributed by atoms with Crippen LogP contribution in [0.3, 0.4) is 0 Å². The Morgan fingerprint density at radius 3 is 1.64 bits per heavy atom. The molecule has 3 atom stereocenters. The van der Waals surface area contributed by atoms with Crippen LogP contribution in [0.25, 0.3) is 0 Å². The van der Waals surface area contributed by atoms with Crippen LogP contribution in [-0.2, 0) is 41.0 Å². The van der Waals surface area contributed by atoms with Crippen molar-refractivity contribution in [1.29, 1.82) is 0 Å². The van der Waals surface area contributed by atoms with Crippen molar-refractivity contribution < 1.29 is 45.0 Å². The van der Waals surface area contributed by atoms with Crippen molar-refractivity contribution in [2.24, 2.45) is 4.40 Å². The molecule has 254 valence electrons. The predicted molar refractivity (Wildman–Crippen MR) is 174 cm³/mol. The Labute approximate surface area is 276 Å². The molecule has 15 heteroatoms. The van der Waals surface area contributed by atoms with Crippen LogP contribution in [0.1, 0.15) is 72.6 Å². The van der Waals surface area contributed by atoms with Crippen LogP contribution in [0.15, 0.2) is 65.1 Å². The topological polar surface area (TPSA) is 111 Å². The van der Waals surface area contributed by atoms with E-state index in [0.29, 0.717) is 0 Å². The lowest BCUT2D eigenvalue weighted by Crippen LogP contribution is -2.47. The first-order chi connectivity index (χ1) is 20.6. The molecule has 8 nitrogen and oxygen atoms in total. The monoisotopic (exact) mass is 744 g/mol. The first kappa shape index (κ1) is 42.5. The molecule has 0 saturated heterocycles. The number of rotatable bonds is 10. The van der Waals surface area contributed by atoms with Crippen molar-refractivity contribution >= 4 is 56.1 Å². The fourth-order valence-corrected chi connectivity index (χ4v) is 4.14. The third-order valence-electron chi connectivity index (χ3n) is 4.95. The predicted octanol–water partition coefficient (Wildman–Crippen LogP) is 7.08. The third kappa shape index (κ3) is 16.6. The fraction of sp³-hybridized carbons (Fsp3) is 0.500. The van der Waals surface area contributed by atoms with E-state index in [4.69, 9.17) is 0 Å². The zero-order valence-electron chi connectivity index (χ0n) is 26.4. The maximum absolute atomic E-state index is 14.4. The lowest BCUT2D eigenvalue weighted by Gasteiger charge is -2.29. The average Bonchev–Trinajstić information content (AvgIpc) is 2.94. The van der Waals surface area contributed by atoms with Gasteiger partial charge in [0, 0.05) is 22.1 Å². The summed E-state index contributed by atoms with van der Waals surface area (Å²) in [6.07, 6.45) is 1.65. The van der Waals surface area contributed by atoms with E-state index in [1.54, 1.807) is 45.2 Å². The number of nitrogens with zero attached hydrogens (tertiary/aromatic N) is 1. The number of nitrogens with one attached hydrogen (secondary N) is 1. The van der Waals surface area contributed by atoms with E-state index >= 15 is 0 Å². The van der Waals surface area contributed by atoms with Crippen molar-refractivity contribution in [2.75, 3.05) is 13.2 Å². The first-order valence-electron chi connectivity index (χ1n) is 13.6. The summed E-state index contributed by atoms with van der Waals surface area (Å²) in [7, 11) is -2.94. The summed E-state index contributed by atoms with van der Waals surface area (Å²) < 4.78 is 89.9. The van der Waals surface area contributed by atoms with E-state index in [-0.39, 0.29) is 23.5 Å². The number of alkyl halides is 5. The van der Waals surface area contributed by atoms with E-state index in [1.807, 2.05) is 67.0 Å². The van der Waals surface area contributed by atoms with E-state index in [2.05, 4.69) is 18.6 Å². The summed E-state index contributed by atoms with van der Waals surface area (Å²) in [6, 6.07) is 15.7. The molecule has 0 unspecified atom stereocenters. The van der Waals surface area contributed by atoms with Gasteiger partial charge < -0.3 is 9.47 Å². The van der Waals surface area contributed by atoms with Crippen molar-refractivity contribution in [3.63, 3.8) is 0 Å². The Kier molecular flexibility index (Phi) is 18.2. The van der Waals surface area contributed by atoms with Crippen LogP contribution in [-0.4, -0.2) is 60.0 Å². The van der Waals surface area contributed by atoms with Crippen LogP contribution in [0, 0.1) is 0 Å². The Bertz CT molecular complexity index is 1270. The average molecular weight is 746 g/mol. The Hall–Kier alpha value is -2.49. The molecule has 2 rings (SSSR count). The van der Waals surface area contributed by atoms with Gasteiger partial charge in [-0.25, -0.2) is 22.7 Å². The van der Waals surface area contributed by atoms with Crippen molar-refractivity contribution in [3.8, 4) is 0 Å². The Balaban J connectivity index is 0.000000717. The van der Waals surface area contributed by atoms with Crippen LogP contribution >= 0.6 is 15.9 Å². The molecule has 2 aromatic rings. The maximum atomic E-state index is 14.4. The molecule has 2 aromatic carbocycles. The van der Waals surface area contributed by atoms with Crippen LogP contribution in [0.4, 0.5) is 17.6 Å². The Morgan fingerprint density at radius 2 is 1.27 bits per heavy atom. The molecule has 0 radical (unpaired) electrons. The van der Waals surface area contributed by atoms with Crippen molar-refractivity contribution in [3.05, 3.63) is 71.8 Å². The largest absolute Gasteiger partial charge is 0.462 e. The van der Waals surface area contributed by atoms with E-state index in [1.165, 1.54) is 26.0 Å². The van der Waals surface area contributed by atoms with Crippen LogP contribution < -0.4 is 4.72 Å². The smallest absolute Gasteiger partial charge is 0.395 e. The first-order valence-corrected chi connectivity index (χ1v) is 16.7. The van der Waals surface area contributed by atoms with Gasteiger partial charge in [-0.1, -0.05) is 60.7 Å². The lowest BCUT2D eigenvalue weighted by atomic mass is 10.0. The third-order valence-corrected chi connectivity index (χ3v) is 8.18. The van der Waals surface area contributed by atoms with Crippen molar-refractivity contribution in [1.82, 2.24) is 4.72 Å². The van der Waals surface area contributed by atoms with E-state index in [9.17, 15) is 35.6 Å². The molecule has 0 amide bonds. The highest BCUT2D eigenvalue weighted by Gasteiger charge is 2.51. The normalized spacial score (nSPS) is 14.2. The second-order valence-electron chi connectivity index (χ2n) is 10.9. The second kappa shape index (κ2) is 19.2. The molecule has 0 aromatic heterocycles. The molecular weight excluding hydrogens is 704 g/mol. The van der Waals surface area contributed by atoms with Gasteiger partial charge in [-0.3, -0.25) is 0 Å². The minimum Gasteiger partial charge on any atom is -0.462 e. The quantitative estimate of drug-likeness (QED) is 0.121. The number of ether oxygens (including phenoxy) is 2. The van der Waals surface area contributed by atoms with Gasteiger partial charge >= 0.3 is 22.7 Å². The minimum atomic E-state index is -3.84. The molecule has 0 saturated carbocycles. The van der Waals surface area contributed by atoms with Gasteiger partial charge in [0.15, 0.2) is 0 Å². The summed E-state index contributed by atoms with van der Waals surface area (Å²) in [5, 5.41) is 0. The molecular formula is C30H41BrF4N2O6S2. The summed E-state index contributed by atoms with van der Waals surface area (Å²) in [4.78, 5) is 18.1. The van der Waals surface area contributed by atoms with Crippen LogP contribution in [0.5, 0.6) is 0 Å². The molecule has 0 aliphatic carbocycles. The number of benzene rings is 2. The summed E-state index contributed by atoms with van der Waals surface area (Å²) in [6.45, 7) is 13.4. The zero-order chi connectivity index (χ0) is 35.1. The standard InChI is InChI=1S/C15H21F2NO3S.C11H15NOS.C4H5BrF2O2/c1-5-21-13(19)15(16,17)12(11-9-7-6-8-10-11)18-22(20)14(2,3)4;1-11(2,3)14(13)12-9-10-7-5-4-6-8-10;1-2-9-3(8)4(5,6)7/h6-10,12,18H,5H2,1-4H3;4-9H,1-3H3;2H2,1H3/t12-,22-;14-;/m00./s1. The molecule has 0 bridgehead atoms. The van der Waals surface area contributed by atoms with Gasteiger partial charge in [0.2, 0.25) is 0 Å². The van der Waals surface area contributed by atoms with Gasteiger partial charge in [0.25, 0.3) is 0 Å². The van der Waals surface area contributed by atoms with Crippen molar-refractivity contribution in [2.45, 2.75) is 81.7 Å². The SMILES string of the molecule is CC(C)(C)[S@](=O)N=Cc1ccccc1.CCOC(=O)C(F)(F)Br.CCOC(=O)C(F)(F)[C@@H](N[S@@](=O)C(C)(C)C)c1ccccc1. The maximum Gasteiger partial charge on any atom is 0.395 e. The van der Waals surface area contributed by atoms with Crippen LogP contribution in [0.2, 0.25) is 0 Å². The van der Waals surface area contributed by atoms with E-state index < -0.39 is 55.5 Å². The lowest BCUT2D eigenvalue weighted by molar-refractivity contribution is -0.175. The number of esters is 2. The van der Waals surface area contributed by atoms with Gasteiger partial charge in [-0.05, 0) is 66.5 Å². The molecule has 0 aliphatic rings. The summed E-state index contributed by atoms with van der Waals surface area (Å²) in [5.74, 6) is -7.02. The minimum absolute atomic E-state index is 0.0416. The molecule has 0 heterocycles. The second-order valence-corrected chi connectivity index (χ2v) is 15.8. The van der Waals surface area contributed by atoms with Gasteiger partial charge in [0.05, 0.1) is 33.7 Å². The molecule has 1 N–H and O–H groups in total. The molecule has 45 heavy (non-hydrogen) atoms. The van der Waals surface area contributed by atoms with Gasteiger partial charge in [0.1, 0.15) is 17.0 Å². The van der Waals surface area contributed by atoms with Gasteiger partial charge in [-0.2, -0.15) is 22.0 Å².